The van der Waals surface area contributed by atoms with Crippen LogP contribution in [-0.4, -0.2) is 22.0 Å². The average Bonchev–Trinajstić information content (AvgIpc) is 2.18. The summed E-state index contributed by atoms with van der Waals surface area (Å²) in [6.07, 6.45) is 1.65. The summed E-state index contributed by atoms with van der Waals surface area (Å²) in [5, 5.41) is 11.4. The molecule has 0 aliphatic heterocycles. The Morgan fingerprint density at radius 1 is 1.44 bits per heavy atom. The smallest absolute Gasteiger partial charge is 0.303 e. The Kier molecular flexibility index (Phi) is 4.84. The van der Waals surface area contributed by atoms with Crippen LogP contribution in [0.4, 0.5) is 5.82 Å². The average molecular weight is 315 g/mol. The number of nitrogens with one attached hydrogen (secondary N) is 1. The van der Waals surface area contributed by atoms with Crippen LogP contribution >= 0.6 is 15.9 Å². The van der Waals surface area contributed by atoms with E-state index in [4.69, 9.17) is 5.11 Å². The zero-order valence-electron chi connectivity index (χ0n) is 10.2. The van der Waals surface area contributed by atoms with E-state index < -0.39 is 11.4 Å². The van der Waals surface area contributed by atoms with Crippen molar-refractivity contribution in [1.29, 1.82) is 0 Å². The van der Waals surface area contributed by atoms with Gasteiger partial charge in [0.15, 0.2) is 0 Å². The highest BCUT2D eigenvalue weighted by Crippen LogP contribution is 2.26. The summed E-state index contributed by atoms with van der Waals surface area (Å²) in [4.78, 5) is 26.5. The van der Waals surface area contributed by atoms with Crippen LogP contribution in [0.2, 0.25) is 0 Å². The van der Waals surface area contributed by atoms with Gasteiger partial charge >= 0.3 is 5.97 Å². The van der Waals surface area contributed by atoms with E-state index in [0.717, 1.165) is 0 Å². The first-order valence-electron chi connectivity index (χ1n) is 5.42. The second kappa shape index (κ2) is 5.95. The van der Waals surface area contributed by atoms with Gasteiger partial charge in [0, 0.05) is 12.6 Å². The number of rotatable bonds is 5. The Balaban J connectivity index is 2.62. The number of halogens is 1. The Morgan fingerprint density at radius 2 is 2.11 bits per heavy atom. The van der Waals surface area contributed by atoms with Crippen molar-refractivity contribution in [2.75, 3.05) is 5.32 Å². The van der Waals surface area contributed by atoms with Gasteiger partial charge in [0.25, 0.3) is 0 Å². The third-order valence-corrected chi connectivity index (χ3v) is 2.93. The lowest BCUT2D eigenvalue weighted by Crippen LogP contribution is -2.25. The molecule has 1 rings (SSSR count). The molecule has 1 aromatic rings. The van der Waals surface area contributed by atoms with Crippen LogP contribution < -0.4 is 5.32 Å². The van der Waals surface area contributed by atoms with E-state index in [1.54, 1.807) is 32.2 Å². The molecule has 0 unspecified atom stereocenters. The van der Waals surface area contributed by atoms with Gasteiger partial charge in [0.2, 0.25) is 5.91 Å². The van der Waals surface area contributed by atoms with E-state index in [-0.39, 0.29) is 18.7 Å². The largest absolute Gasteiger partial charge is 0.481 e. The summed E-state index contributed by atoms with van der Waals surface area (Å²) in [5.41, 5.74) is -0.586. The molecule has 0 atom stereocenters. The molecule has 0 bridgehead atoms. The normalized spacial score (nSPS) is 11.1. The van der Waals surface area contributed by atoms with E-state index in [9.17, 15) is 9.59 Å². The summed E-state index contributed by atoms with van der Waals surface area (Å²) in [6, 6.07) is 3.51. The van der Waals surface area contributed by atoms with E-state index in [1.807, 2.05) is 0 Å². The fourth-order valence-electron chi connectivity index (χ4n) is 1.56. The second-order valence-corrected chi connectivity index (χ2v) is 5.65. The number of aliphatic carboxylic acids is 1. The fourth-order valence-corrected chi connectivity index (χ4v) is 1.91. The van der Waals surface area contributed by atoms with Crippen LogP contribution in [0.15, 0.2) is 22.8 Å². The molecule has 0 fully saturated rings. The summed E-state index contributed by atoms with van der Waals surface area (Å²) < 4.78 is 0.689. The highest BCUT2D eigenvalue weighted by atomic mass is 79.9. The molecule has 0 radical (unpaired) electrons. The predicted molar refractivity (Wildman–Crippen MR) is 71.2 cm³/mol. The molecular formula is C12H15BrN2O3. The first-order chi connectivity index (χ1) is 8.30. The Morgan fingerprint density at radius 3 is 2.67 bits per heavy atom. The number of pyridine rings is 1. The number of amides is 1. The Hall–Kier alpha value is -1.43. The number of nitrogens with zero attached hydrogens (tertiary/aromatic N) is 1. The van der Waals surface area contributed by atoms with Crippen molar-refractivity contribution in [1.82, 2.24) is 4.98 Å². The monoisotopic (exact) mass is 314 g/mol. The van der Waals surface area contributed by atoms with E-state index in [2.05, 4.69) is 26.2 Å². The predicted octanol–water partition coefficient (Wildman–Crippen LogP) is 2.67. The number of aromatic nitrogens is 1. The first-order valence-corrected chi connectivity index (χ1v) is 6.22. The highest BCUT2D eigenvalue weighted by Gasteiger charge is 2.25. The molecule has 0 saturated carbocycles. The minimum Gasteiger partial charge on any atom is -0.481 e. The molecule has 18 heavy (non-hydrogen) atoms. The first kappa shape index (κ1) is 14.6. The maximum Gasteiger partial charge on any atom is 0.303 e. The molecule has 0 aromatic carbocycles. The van der Waals surface area contributed by atoms with E-state index in [0.29, 0.717) is 10.3 Å². The van der Waals surface area contributed by atoms with Crippen LogP contribution in [0.25, 0.3) is 0 Å². The number of carbonyl (C=O) groups excluding carboxylic acids is 1. The zero-order chi connectivity index (χ0) is 13.8. The van der Waals surface area contributed by atoms with Gasteiger partial charge < -0.3 is 10.4 Å². The van der Waals surface area contributed by atoms with Crippen molar-refractivity contribution in [2.45, 2.75) is 26.7 Å². The maximum atomic E-state index is 11.8. The van der Waals surface area contributed by atoms with Crippen LogP contribution in [0, 0.1) is 5.41 Å². The Bertz CT molecular complexity index is 460. The van der Waals surface area contributed by atoms with Crippen LogP contribution in [0.5, 0.6) is 0 Å². The molecule has 0 aliphatic carbocycles. The molecule has 1 aromatic heterocycles. The number of anilines is 1. The SMILES string of the molecule is CC(C)(CC(=O)O)CC(=O)Nc1ncccc1Br. The van der Waals surface area contributed by atoms with Gasteiger partial charge in [0.05, 0.1) is 10.9 Å². The van der Waals surface area contributed by atoms with Gasteiger partial charge in [-0.1, -0.05) is 13.8 Å². The highest BCUT2D eigenvalue weighted by molar-refractivity contribution is 9.10. The summed E-state index contributed by atoms with van der Waals surface area (Å²) in [5.74, 6) is -0.721. The number of carbonyl (C=O) groups is 2. The molecule has 1 heterocycles. The molecule has 2 N–H and O–H groups in total. The lowest BCUT2D eigenvalue weighted by atomic mass is 9.85. The van der Waals surface area contributed by atoms with Gasteiger partial charge in [0.1, 0.15) is 5.82 Å². The van der Waals surface area contributed by atoms with Gasteiger partial charge in [-0.25, -0.2) is 4.98 Å². The lowest BCUT2D eigenvalue weighted by Gasteiger charge is -2.21. The van der Waals surface area contributed by atoms with Crippen molar-refractivity contribution < 1.29 is 14.7 Å². The maximum absolute atomic E-state index is 11.8. The van der Waals surface area contributed by atoms with Crippen molar-refractivity contribution in [3.63, 3.8) is 0 Å². The third kappa shape index (κ3) is 4.83. The molecule has 5 nitrogen and oxygen atoms in total. The lowest BCUT2D eigenvalue weighted by molar-refractivity contribution is -0.139. The minimum atomic E-state index is -0.910. The second-order valence-electron chi connectivity index (χ2n) is 4.79. The minimum absolute atomic E-state index is 0.0518. The van der Waals surface area contributed by atoms with Crippen LogP contribution in [0.1, 0.15) is 26.7 Å². The van der Waals surface area contributed by atoms with Crippen LogP contribution in [0.3, 0.4) is 0 Å². The number of carboxylic acid groups (broad SMARTS) is 1. The molecule has 0 spiro atoms. The fraction of sp³-hybridized carbons (Fsp3) is 0.417. The topological polar surface area (TPSA) is 79.3 Å². The summed E-state index contributed by atoms with van der Waals surface area (Å²) >= 11 is 3.27. The van der Waals surface area contributed by atoms with Crippen molar-refractivity contribution in [3.05, 3.63) is 22.8 Å². The Labute approximate surface area is 114 Å². The van der Waals surface area contributed by atoms with Gasteiger partial charge in [-0.3, -0.25) is 9.59 Å². The van der Waals surface area contributed by atoms with E-state index in [1.165, 1.54) is 0 Å². The molecule has 6 heteroatoms. The van der Waals surface area contributed by atoms with Crippen molar-refractivity contribution in [2.24, 2.45) is 5.41 Å². The van der Waals surface area contributed by atoms with Gasteiger partial charge in [-0.15, -0.1) is 0 Å². The zero-order valence-corrected chi connectivity index (χ0v) is 11.8. The summed E-state index contributed by atoms with van der Waals surface area (Å²) in [7, 11) is 0. The van der Waals surface area contributed by atoms with Gasteiger partial charge in [-0.05, 0) is 33.5 Å². The quantitative estimate of drug-likeness (QED) is 0.875. The van der Waals surface area contributed by atoms with E-state index >= 15 is 0 Å². The number of carboxylic acids is 1. The third-order valence-electron chi connectivity index (χ3n) is 2.29. The van der Waals surface area contributed by atoms with Crippen molar-refractivity contribution in [3.8, 4) is 0 Å². The molecule has 98 valence electrons. The standard InChI is InChI=1S/C12H15BrN2O3/c1-12(2,7-10(17)18)6-9(16)15-11-8(13)4-3-5-14-11/h3-5H,6-7H2,1-2H3,(H,17,18)(H,14,15,16). The number of hydrogen-bond acceptors (Lipinski definition) is 3. The molecule has 0 aliphatic rings. The molecule has 0 saturated heterocycles. The number of hydrogen-bond donors (Lipinski definition) is 2. The molecule has 1 amide bonds. The van der Waals surface area contributed by atoms with Crippen molar-refractivity contribution >= 4 is 33.6 Å². The summed E-state index contributed by atoms with van der Waals surface area (Å²) in [6.45, 7) is 3.49. The molecular weight excluding hydrogens is 300 g/mol. The van der Waals surface area contributed by atoms with Gasteiger partial charge in [-0.2, -0.15) is 0 Å². The van der Waals surface area contributed by atoms with Crippen LogP contribution in [-0.2, 0) is 9.59 Å².